The Morgan fingerprint density at radius 2 is 1.55 bits per heavy atom. The maximum Gasteiger partial charge on any atom is 0.407 e. The number of hydrogen-bond donors (Lipinski definition) is 1. The third-order valence-electron chi connectivity index (χ3n) is 5.47. The molecule has 0 saturated carbocycles. The predicted octanol–water partition coefficient (Wildman–Crippen LogP) is 5.81. The van der Waals surface area contributed by atoms with E-state index in [4.69, 9.17) is 18.9 Å². The van der Waals surface area contributed by atoms with Gasteiger partial charge in [0.25, 0.3) is 0 Å². The normalized spacial score (nSPS) is 13.4. The van der Waals surface area contributed by atoms with Crippen molar-refractivity contribution >= 4 is 12.1 Å². The van der Waals surface area contributed by atoms with Gasteiger partial charge in [0.2, 0.25) is 0 Å². The molecular weight excluding hydrogens is 422 g/mol. The molecule has 0 aliphatic heterocycles. The summed E-state index contributed by atoms with van der Waals surface area (Å²) in [5.74, 6) is -0.0241. The Bertz CT molecular complexity index is 606. The molecule has 7 heteroatoms. The van der Waals surface area contributed by atoms with Gasteiger partial charge < -0.3 is 24.3 Å². The van der Waals surface area contributed by atoms with Crippen LogP contribution < -0.4 is 5.32 Å². The fraction of sp³-hybridized carbons (Fsp3) is 0.846. The van der Waals surface area contributed by atoms with Gasteiger partial charge in [-0.05, 0) is 80.6 Å². The topological polar surface area (TPSA) is 83.1 Å². The number of amides is 1. The first-order chi connectivity index (χ1) is 15.1. The van der Waals surface area contributed by atoms with Crippen LogP contribution in [0.1, 0.15) is 94.4 Å². The Kier molecular flexibility index (Phi) is 13.9. The van der Waals surface area contributed by atoms with Crippen LogP contribution >= 0.6 is 0 Å². The van der Waals surface area contributed by atoms with Gasteiger partial charge >= 0.3 is 12.1 Å². The van der Waals surface area contributed by atoms with Crippen LogP contribution in [0, 0.1) is 5.92 Å². The summed E-state index contributed by atoms with van der Waals surface area (Å²) in [6.45, 7) is 23.4. The summed E-state index contributed by atoms with van der Waals surface area (Å²) in [6.07, 6.45) is 3.83. The van der Waals surface area contributed by atoms with Crippen molar-refractivity contribution in [3.63, 3.8) is 0 Å². The molecule has 0 aliphatic carbocycles. The molecule has 7 nitrogen and oxygen atoms in total. The number of ether oxygens (including phenoxy) is 4. The van der Waals surface area contributed by atoms with Crippen molar-refractivity contribution in [2.75, 3.05) is 26.4 Å². The third kappa shape index (κ3) is 16.6. The first-order valence-electron chi connectivity index (χ1n) is 12.1. The molecule has 0 radical (unpaired) electrons. The van der Waals surface area contributed by atoms with E-state index >= 15 is 0 Å². The van der Waals surface area contributed by atoms with Crippen LogP contribution in [-0.2, 0) is 23.7 Å². The van der Waals surface area contributed by atoms with E-state index in [0.717, 1.165) is 25.9 Å². The molecule has 0 aromatic rings. The standard InChI is InChI=1S/C26H49NO6/c1-20(2)22(28)30-17-13-16-27-23(29)33-25(7,8)15-19-32-26(9,10)21(3)14-11-12-18-31-24(4,5)6/h21H,1,11-19H2,2-10H3,(H,27,29). The van der Waals surface area contributed by atoms with E-state index in [1.165, 1.54) is 0 Å². The minimum Gasteiger partial charge on any atom is -0.462 e. The van der Waals surface area contributed by atoms with Gasteiger partial charge in [0.15, 0.2) is 0 Å². The fourth-order valence-electron chi connectivity index (χ4n) is 2.87. The second-order valence-electron chi connectivity index (χ2n) is 10.9. The van der Waals surface area contributed by atoms with Crippen molar-refractivity contribution in [3.05, 3.63) is 12.2 Å². The number of hydrogen-bond acceptors (Lipinski definition) is 6. The van der Waals surface area contributed by atoms with E-state index in [0.29, 0.717) is 37.5 Å². The lowest BCUT2D eigenvalue weighted by atomic mass is 9.88. The molecule has 1 amide bonds. The summed E-state index contributed by atoms with van der Waals surface area (Å²) < 4.78 is 22.5. The average molecular weight is 472 g/mol. The van der Waals surface area contributed by atoms with Crippen molar-refractivity contribution in [2.45, 2.75) is 111 Å². The molecule has 33 heavy (non-hydrogen) atoms. The zero-order valence-electron chi connectivity index (χ0n) is 22.6. The van der Waals surface area contributed by atoms with Gasteiger partial charge in [0.1, 0.15) is 5.60 Å². The zero-order valence-corrected chi connectivity index (χ0v) is 22.6. The Labute approximate surface area is 202 Å². The molecule has 1 atom stereocenters. The minimum absolute atomic E-state index is 0.0841. The lowest BCUT2D eigenvalue weighted by Crippen LogP contribution is -2.38. The quantitative estimate of drug-likeness (QED) is 0.174. The summed E-state index contributed by atoms with van der Waals surface area (Å²) in [6, 6.07) is 0. The first-order valence-corrected chi connectivity index (χ1v) is 12.1. The van der Waals surface area contributed by atoms with Crippen molar-refractivity contribution in [1.82, 2.24) is 5.32 Å². The fourth-order valence-corrected chi connectivity index (χ4v) is 2.87. The largest absolute Gasteiger partial charge is 0.462 e. The van der Waals surface area contributed by atoms with E-state index in [9.17, 15) is 9.59 Å². The highest BCUT2D eigenvalue weighted by atomic mass is 16.6. The third-order valence-corrected chi connectivity index (χ3v) is 5.47. The molecule has 1 N–H and O–H groups in total. The van der Waals surface area contributed by atoms with Crippen LogP contribution in [0.3, 0.4) is 0 Å². The van der Waals surface area contributed by atoms with Crippen LogP contribution in [0.4, 0.5) is 4.79 Å². The lowest BCUT2D eigenvalue weighted by Gasteiger charge is -2.34. The molecule has 0 fully saturated rings. The van der Waals surface area contributed by atoms with E-state index < -0.39 is 17.7 Å². The number of nitrogens with one attached hydrogen (secondary N) is 1. The average Bonchev–Trinajstić information content (AvgIpc) is 2.65. The van der Waals surface area contributed by atoms with E-state index in [1.54, 1.807) is 6.92 Å². The molecule has 0 spiro atoms. The number of unbranched alkanes of at least 4 members (excludes halogenated alkanes) is 1. The summed E-state index contributed by atoms with van der Waals surface area (Å²) in [5, 5.41) is 2.68. The van der Waals surface area contributed by atoms with Crippen LogP contribution in [0.2, 0.25) is 0 Å². The Balaban J connectivity index is 4.13. The van der Waals surface area contributed by atoms with Crippen LogP contribution in [0.15, 0.2) is 12.2 Å². The smallest absolute Gasteiger partial charge is 0.407 e. The molecule has 194 valence electrons. The van der Waals surface area contributed by atoms with E-state index in [-0.39, 0.29) is 17.8 Å². The second-order valence-corrected chi connectivity index (χ2v) is 10.9. The van der Waals surface area contributed by atoms with Crippen molar-refractivity contribution in [2.24, 2.45) is 5.92 Å². The monoisotopic (exact) mass is 471 g/mol. The van der Waals surface area contributed by atoms with Gasteiger partial charge in [-0.15, -0.1) is 0 Å². The Hall–Kier alpha value is -1.60. The van der Waals surface area contributed by atoms with E-state index in [2.05, 4.69) is 53.4 Å². The molecule has 0 aromatic heterocycles. The molecule has 0 saturated heterocycles. The maximum atomic E-state index is 12.1. The molecule has 0 bridgehead atoms. The predicted molar refractivity (Wildman–Crippen MR) is 132 cm³/mol. The molecule has 0 heterocycles. The highest BCUT2D eigenvalue weighted by molar-refractivity contribution is 5.86. The zero-order chi connectivity index (χ0) is 25.7. The number of esters is 1. The molecular formula is C26H49NO6. The lowest BCUT2D eigenvalue weighted by molar-refractivity contribution is -0.138. The molecule has 0 aliphatic rings. The van der Waals surface area contributed by atoms with Crippen LogP contribution in [-0.4, -0.2) is 55.2 Å². The van der Waals surface area contributed by atoms with Gasteiger partial charge in [0.05, 0.1) is 24.4 Å². The van der Waals surface area contributed by atoms with Crippen molar-refractivity contribution in [3.8, 4) is 0 Å². The Morgan fingerprint density at radius 1 is 0.909 bits per heavy atom. The summed E-state index contributed by atoms with van der Waals surface area (Å²) in [5.41, 5.74) is -0.640. The summed E-state index contributed by atoms with van der Waals surface area (Å²) >= 11 is 0. The van der Waals surface area contributed by atoms with E-state index in [1.807, 2.05) is 13.8 Å². The van der Waals surface area contributed by atoms with Gasteiger partial charge in [-0.1, -0.05) is 19.9 Å². The SMILES string of the molecule is C=C(C)C(=O)OCCCNC(=O)OC(C)(C)CCOC(C)(C)C(C)CCCCOC(C)(C)C. The van der Waals surface area contributed by atoms with Gasteiger partial charge in [-0.3, -0.25) is 0 Å². The molecule has 0 rings (SSSR count). The number of carbonyl (C=O) groups excluding carboxylic acids is 2. The Morgan fingerprint density at radius 3 is 2.12 bits per heavy atom. The highest BCUT2D eigenvalue weighted by Crippen LogP contribution is 2.27. The number of alkyl carbamates (subject to hydrolysis) is 1. The number of carbonyl (C=O) groups is 2. The molecule has 0 aromatic carbocycles. The van der Waals surface area contributed by atoms with Gasteiger partial charge in [-0.2, -0.15) is 0 Å². The maximum absolute atomic E-state index is 12.1. The van der Waals surface area contributed by atoms with Gasteiger partial charge in [0, 0.05) is 25.1 Å². The summed E-state index contributed by atoms with van der Waals surface area (Å²) in [4.78, 5) is 23.4. The highest BCUT2D eigenvalue weighted by Gasteiger charge is 2.29. The number of rotatable bonds is 16. The van der Waals surface area contributed by atoms with Gasteiger partial charge in [-0.25, -0.2) is 9.59 Å². The first kappa shape index (κ1) is 31.4. The minimum atomic E-state index is -0.653. The summed E-state index contributed by atoms with van der Waals surface area (Å²) in [7, 11) is 0. The van der Waals surface area contributed by atoms with Crippen LogP contribution in [0.25, 0.3) is 0 Å². The second kappa shape index (κ2) is 14.6. The van der Waals surface area contributed by atoms with Crippen molar-refractivity contribution in [1.29, 1.82) is 0 Å². The van der Waals surface area contributed by atoms with Crippen molar-refractivity contribution < 1.29 is 28.5 Å². The van der Waals surface area contributed by atoms with Crippen LogP contribution in [0.5, 0.6) is 0 Å². The molecule has 1 unspecified atom stereocenters.